The smallest absolute Gasteiger partial charge is 0.475 e. The number of hydrogen-bond donors (Lipinski definition) is 2. The number of carbonyl (C=O) groups excluding carboxylic acids is 2. The third-order valence-electron chi connectivity index (χ3n) is 3.12. The van der Waals surface area contributed by atoms with Gasteiger partial charge in [0, 0.05) is 30.6 Å². The van der Waals surface area contributed by atoms with Gasteiger partial charge in [-0.25, -0.2) is 9.78 Å². The van der Waals surface area contributed by atoms with Gasteiger partial charge in [0.05, 0.1) is 6.54 Å². The van der Waals surface area contributed by atoms with Crippen LogP contribution in [0.1, 0.15) is 33.5 Å². The minimum absolute atomic E-state index is 0.0139. The van der Waals surface area contributed by atoms with Crippen LogP contribution in [0.3, 0.4) is 0 Å². The quantitative estimate of drug-likeness (QED) is 0.803. The lowest BCUT2D eigenvalue weighted by molar-refractivity contribution is -0.192. The van der Waals surface area contributed by atoms with E-state index in [9.17, 15) is 22.8 Å². The van der Waals surface area contributed by atoms with Crippen LogP contribution >= 0.6 is 0 Å². The highest BCUT2D eigenvalue weighted by Crippen LogP contribution is 2.13. The van der Waals surface area contributed by atoms with Crippen molar-refractivity contribution in [3.63, 3.8) is 0 Å². The second-order valence-electron chi connectivity index (χ2n) is 5.07. The van der Waals surface area contributed by atoms with Crippen molar-refractivity contribution in [3.8, 4) is 0 Å². The molecule has 0 aliphatic rings. The summed E-state index contributed by atoms with van der Waals surface area (Å²) in [5.41, 5.74) is 1.12. The Hall–Kier alpha value is -3.17. The molecule has 0 saturated heterocycles. The van der Waals surface area contributed by atoms with Gasteiger partial charge in [-0.15, -0.1) is 0 Å². The topological polar surface area (TPSA) is 101 Å². The fraction of sp³-hybridized carbons (Fsp3) is 0.250. The Balaban J connectivity index is 0.000000412. The lowest BCUT2D eigenvalue weighted by Gasteiger charge is -2.05. The standard InChI is InChI=1S/C14H15N3O2.C2HF3O2/c1-10(18)11-3-5-12(6-4-11)14(19)16-9-13-15-7-8-17(13)2;3-2(4,5)1(6)7/h3-8H,9H2,1-2H3,(H,16,19);(H,6,7). The van der Waals surface area contributed by atoms with E-state index in [1.165, 1.54) is 6.92 Å². The number of aromatic nitrogens is 2. The summed E-state index contributed by atoms with van der Waals surface area (Å²) in [6.45, 7) is 1.87. The van der Waals surface area contributed by atoms with Gasteiger partial charge in [0.1, 0.15) is 5.82 Å². The van der Waals surface area contributed by atoms with E-state index < -0.39 is 12.1 Å². The molecule has 0 spiro atoms. The highest BCUT2D eigenvalue weighted by Gasteiger charge is 2.38. The molecule has 0 bridgehead atoms. The number of aliphatic carboxylic acids is 1. The number of amides is 1. The van der Waals surface area contributed by atoms with E-state index in [1.807, 2.05) is 17.8 Å². The Kier molecular flexibility index (Phi) is 7.06. The zero-order valence-corrected chi connectivity index (χ0v) is 13.9. The van der Waals surface area contributed by atoms with E-state index >= 15 is 0 Å². The molecule has 140 valence electrons. The predicted octanol–water partition coefficient (Wildman–Crippen LogP) is 2.19. The normalized spacial score (nSPS) is 10.5. The Bertz CT molecular complexity index is 783. The van der Waals surface area contributed by atoms with E-state index in [2.05, 4.69) is 10.3 Å². The molecule has 0 saturated carbocycles. The van der Waals surface area contributed by atoms with Crippen molar-refractivity contribution < 1.29 is 32.7 Å². The first-order valence-corrected chi connectivity index (χ1v) is 7.18. The molecule has 26 heavy (non-hydrogen) atoms. The molecular weight excluding hydrogens is 355 g/mol. The summed E-state index contributed by atoms with van der Waals surface area (Å²) in [6.07, 6.45) is -1.58. The van der Waals surface area contributed by atoms with Crippen LogP contribution in [-0.2, 0) is 18.4 Å². The number of ketones is 1. The third-order valence-corrected chi connectivity index (χ3v) is 3.12. The minimum Gasteiger partial charge on any atom is -0.475 e. The molecule has 2 N–H and O–H groups in total. The number of Topliss-reactive ketones (excluding diaryl/α,β-unsaturated/α-hetero) is 1. The number of benzene rings is 1. The maximum Gasteiger partial charge on any atom is 0.490 e. The zero-order valence-electron chi connectivity index (χ0n) is 13.9. The average Bonchev–Trinajstić information content (AvgIpc) is 2.97. The molecule has 10 heteroatoms. The van der Waals surface area contributed by atoms with Crippen molar-refractivity contribution in [3.05, 3.63) is 53.6 Å². The van der Waals surface area contributed by atoms with Crippen LogP contribution in [0.5, 0.6) is 0 Å². The predicted molar refractivity (Wildman–Crippen MR) is 84.5 cm³/mol. The number of alkyl halides is 3. The van der Waals surface area contributed by atoms with E-state index in [0.717, 1.165) is 5.82 Å². The Morgan fingerprint density at radius 2 is 1.65 bits per heavy atom. The monoisotopic (exact) mass is 371 g/mol. The molecule has 0 aliphatic heterocycles. The van der Waals surface area contributed by atoms with Crippen molar-refractivity contribution in [2.24, 2.45) is 7.05 Å². The van der Waals surface area contributed by atoms with Crippen molar-refractivity contribution in [2.75, 3.05) is 0 Å². The summed E-state index contributed by atoms with van der Waals surface area (Å²) >= 11 is 0. The van der Waals surface area contributed by atoms with Gasteiger partial charge in [0.15, 0.2) is 5.78 Å². The SMILES string of the molecule is CC(=O)c1ccc(C(=O)NCc2nccn2C)cc1.O=C(O)C(F)(F)F. The van der Waals surface area contributed by atoms with Gasteiger partial charge in [0.2, 0.25) is 0 Å². The number of hydrogen-bond acceptors (Lipinski definition) is 4. The van der Waals surface area contributed by atoms with Crippen molar-refractivity contribution in [1.29, 1.82) is 0 Å². The first-order valence-electron chi connectivity index (χ1n) is 7.18. The molecule has 0 unspecified atom stereocenters. The maximum absolute atomic E-state index is 11.9. The first kappa shape index (κ1) is 20.9. The van der Waals surface area contributed by atoms with Gasteiger partial charge in [-0.2, -0.15) is 13.2 Å². The largest absolute Gasteiger partial charge is 0.490 e. The van der Waals surface area contributed by atoms with Crippen LogP contribution < -0.4 is 5.32 Å². The summed E-state index contributed by atoms with van der Waals surface area (Å²) in [7, 11) is 1.87. The number of carbonyl (C=O) groups is 3. The van der Waals surface area contributed by atoms with Crippen LogP contribution in [0.25, 0.3) is 0 Å². The number of aryl methyl sites for hydroxylation is 1. The molecule has 1 aromatic carbocycles. The number of nitrogens with zero attached hydrogens (tertiary/aromatic N) is 2. The highest BCUT2D eigenvalue weighted by molar-refractivity contribution is 5.97. The van der Waals surface area contributed by atoms with Crippen LogP contribution in [0.4, 0.5) is 13.2 Å². The molecule has 0 fully saturated rings. The molecule has 0 radical (unpaired) electrons. The summed E-state index contributed by atoms with van der Waals surface area (Å²) < 4.78 is 33.6. The molecule has 0 atom stereocenters. The van der Waals surface area contributed by atoms with Gasteiger partial charge in [-0.3, -0.25) is 9.59 Å². The molecule has 2 aromatic rings. The van der Waals surface area contributed by atoms with E-state index in [-0.39, 0.29) is 11.7 Å². The Morgan fingerprint density at radius 3 is 2.04 bits per heavy atom. The van der Waals surface area contributed by atoms with Gasteiger partial charge in [-0.05, 0) is 19.1 Å². The maximum atomic E-state index is 11.9. The number of nitrogens with one attached hydrogen (secondary N) is 1. The summed E-state index contributed by atoms with van der Waals surface area (Å²) in [5, 5.41) is 9.91. The van der Waals surface area contributed by atoms with Gasteiger partial charge >= 0.3 is 12.1 Å². The van der Waals surface area contributed by atoms with E-state index in [0.29, 0.717) is 17.7 Å². The van der Waals surface area contributed by atoms with E-state index in [4.69, 9.17) is 9.90 Å². The zero-order chi connectivity index (χ0) is 19.9. The minimum atomic E-state index is -5.08. The molecule has 7 nitrogen and oxygen atoms in total. The molecular formula is C16H16F3N3O4. The number of imidazole rings is 1. The summed E-state index contributed by atoms with van der Waals surface area (Å²) in [5.74, 6) is -2.17. The lowest BCUT2D eigenvalue weighted by atomic mass is 10.1. The lowest BCUT2D eigenvalue weighted by Crippen LogP contribution is -2.24. The van der Waals surface area contributed by atoms with Crippen LogP contribution in [0.2, 0.25) is 0 Å². The summed E-state index contributed by atoms with van der Waals surface area (Å²) in [4.78, 5) is 36.1. The molecule has 2 rings (SSSR count). The van der Waals surface area contributed by atoms with Crippen LogP contribution in [-0.4, -0.2) is 38.5 Å². The second kappa shape index (κ2) is 8.79. The molecule has 1 aromatic heterocycles. The number of rotatable bonds is 4. The average molecular weight is 371 g/mol. The van der Waals surface area contributed by atoms with Crippen LogP contribution in [0, 0.1) is 0 Å². The van der Waals surface area contributed by atoms with Crippen molar-refractivity contribution in [1.82, 2.24) is 14.9 Å². The van der Waals surface area contributed by atoms with Crippen molar-refractivity contribution >= 4 is 17.7 Å². The number of carboxylic acids is 1. The highest BCUT2D eigenvalue weighted by atomic mass is 19.4. The van der Waals surface area contributed by atoms with Gasteiger partial charge < -0.3 is 15.0 Å². The molecule has 0 aliphatic carbocycles. The Morgan fingerprint density at radius 1 is 1.15 bits per heavy atom. The number of halogens is 3. The molecule has 1 amide bonds. The van der Waals surface area contributed by atoms with E-state index in [1.54, 1.807) is 30.5 Å². The van der Waals surface area contributed by atoms with Gasteiger partial charge in [0.25, 0.3) is 5.91 Å². The number of carboxylic acid groups (broad SMARTS) is 1. The van der Waals surface area contributed by atoms with Crippen LogP contribution in [0.15, 0.2) is 36.7 Å². The fourth-order valence-electron chi connectivity index (χ4n) is 1.68. The summed E-state index contributed by atoms with van der Waals surface area (Å²) in [6, 6.07) is 6.59. The molecule has 1 heterocycles. The Labute approximate surface area is 146 Å². The van der Waals surface area contributed by atoms with Crippen molar-refractivity contribution in [2.45, 2.75) is 19.6 Å². The first-order chi connectivity index (χ1) is 12.0. The third kappa shape index (κ3) is 6.38. The second-order valence-corrected chi connectivity index (χ2v) is 5.07. The fourth-order valence-corrected chi connectivity index (χ4v) is 1.68. The van der Waals surface area contributed by atoms with Gasteiger partial charge in [-0.1, -0.05) is 12.1 Å².